The Hall–Kier alpha value is -0.540. The molecule has 0 saturated carbocycles. The Morgan fingerprint density at radius 2 is 2.07 bits per heavy atom. The van der Waals surface area contributed by atoms with E-state index in [1.807, 2.05) is 0 Å². The Balaban J connectivity index is 2.11. The highest BCUT2D eigenvalue weighted by Crippen LogP contribution is 2.28. The normalized spacial score (nSPS) is 20.9. The summed E-state index contributed by atoms with van der Waals surface area (Å²) in [6, 6.07) is 8.95. The van der Waals surface area contributed by atoms with Crippen molar-refractivity contribution in [3.05, 3.63) is 28.7 Å². The van der Waals surface area contributed by atoms with E-state index >= 15 is 0 Å². The molecule has 1 fully saturated rings. The summed E-state index contributed by atoms with van der Waals surface area (Å²) in [4.78, 5) is 2.41. The van der Waals surface area contributed by atoms with Crippen LogP contribution in [-0.2, 0) is 0 Å². The summed E-state index contributed by atoms with van der Waals surface area (Å²) in [5.74, 6) is 0. The number of halogens is 1. The number of aliphatic hydroxyl groups excluding tert-OH is 1. The van der Waals surface area contributed by atoms with Crippen molar-refractivity contribution >= 4 is 21.6 Å². The van der Waals surface area contributed by atoms with Crippen LogP contribution in [0.1, 0.15) is 19.3 Å². The number of anilines is 1. The molecule has 0 bridgehead atoms. The standard InChI is InChI=1S/C12H16BrNO/c13-10-3-5-12(6-4-10)14-8-1-2-11(14)7-9-15/h3-6,11,15H,1-2,7-9H2. The van der Waals surface area contributed by atoms with Crippen molar-refractivity contribution in [1.82, 2.24) is 0 Å². The third-order valence-corrected chi connectivity index (χ3v) is 3.53. The van der Waals surface area contributed by atoms with Crippen LogP contribution in [0.4, 0.5) is 5.69 Å². The number of hydrogen-bond donors (Lipinski definition) is 1. The van der Waals surface area contributed by atoms with Gasteiger partial charge in [-0.2, -0.15) is 0 Å². The first kappa shape index (κ1) is 11.0. The predicted octanol–water partition coefficient (Wildman–Crippen LogP) is 2.80. The van der Waals surface area contributed by atoms with E-state index in [0.29, 0.717) is 6.04 Å². The van der Waals surface area contributed by atoms with Crippen LogP contribution < -0.4 is 4.90 Å². The van der Waals surface area contributed by atoms with Crippen molar-refractivity contribution in [2.75, 3.05) is 18.1 Å². The highest BCUT2D eigenvalue weighted by atomic mass is 79.9. The summed E-state index contributed by atoms with van der Waals surface area (Å²) in [5.41, 5.74) is 1.27. The van der Waals surface area contributed by atoms with Gasteiger partial charge in [-0.1, -0.05) is 15.9 Å². The quantitative estimate of drug-likeness (QED) is 0.913. The Bertz CT molecular complexity index is 312. The molecule has 2 nitrogen and oxygen atoms in total. The van der Waals surface area contributed by atoms with Crippen molar-refractivity contribution in [1.29, 1.82) is 0 Å². The Labute approximate surface area is 99.0 Å². The lowest BCUT2D eigenvalue weighted by atomic mass is 10.1. The summed E-state index contributed by atoms with van der Waals surface area (Å²) in [5, 5.41) is 9.00. The summed E-state index contributed by atoms with van der Waals surface area (Å²) >= 11 is 3.44. The fraction of sp³-hybridized carbons (Fsp3) is 0.500. The molecule has 0 amide bonds. The first-order valence-electron chi connectivity index (χ1n) is 5.44. The highest BCUT2D eigenvalue weighted by molar-refractivity contribution is 9.10. The summed E-state index contributed by atoms with van der Waals surface area (Å²) < 4.78 is 1.11. The molecule has 0 aliphatic carbocycles. The fourth-order valence-corrected chi connectivity index (χ4v) is 2.52. The first-order chi connectivity index (χ1) is 7.31. The molecule has 1 aromatic rings. The summed E-state index contributed by atoms with van der Waals surface area (Å²) in [6.45, 7) is 1.41. The maximum Gasteiger partial charge on any atom is 0.0450 e. The molecule has 1 N–H and O–H groups in total. The third-order valence-electron chi connectivity index (χ3n) is 3.00. The number of hydrogen-bond acceptors (Lipinski definition) is 2. The van der Waals surface area contributed by atoms with E-state index in [0.717, 1.165) is 17.4 Å². The van der Waals surface area contributed by atoms with Gasteiger partial charge >= 0.3 is 0 Å². The SMILES string of the molecule is OCCC1CCCN1c1ccc(Br)cc1. The van der Waals surface area contributed by atoms with E-state index in [1.165, 1.54) is 18.5 Å². The van der Waals surface area contributed by atoms with Crippen molar-refractivity contribution < 1.29 is 5.11 Å². The van der Waals surface area contributed by atoms with Crippen molar-refractivity contribution in [3.63, 3.8) is 0 Å². The van der Waals surface area contributed by atoms with Gasteiger partial charge in [-0.15, -0.1) is 0 Å². The number of aliphatic hydroxyl groups is 1. The maximum atomic E-state index is 9.00. The molecule has 0 aromatic heterocycles. The van der Waals surface area contributed by atoms with Gasteiger partial charge in [0, 0.05) is 29.4 Å². The lowest BCUT2D eigenvalue weighted by Crippen LogP contribution is -2.29. The lowest BCUT2D eigenvalue weighted by molar-refractivity contribution is 0.276. The van der Waals surface area contributed by atoms with Crippen LogP contribution in [0.15, 0.2) is 28.7 Å². The van der Waals surface area contributed by atoms with E-state index in [1.54, 1.807) is 0 Å². The average molecular weight is 270 g/mol. The van der Waals surface area contributed by atoms with Crippen LogP contribution in [0.3, 0.4) is 0 Å². The van der Waals surface area contributed by atoms with E-state index < -0.39 is 0 Å². The van der Waals surface area contributed by atoms with Crippen molar-refractivity contribution in [2.24, 2.45) is 0 Å². The van der Waals surface area contributed by atoms with Gasteiger partial charge < -0.3 is 10.0 Å². The zero-order valence-corrected chi connectivity index (χ0v) is 10.3. The molecule has 1 aliphatic rings. The van der Waals surface area contributed by atoms with Gasteiger partial charge in [0.1, 0.15) is 0 Å². The van der Waals surface area contributed by atoms with Crippen LogP contribution in [0.5, 0.6) is 0 Å². The second kappa shape index (κ2) is 4.99. The second-order valence-electron chi connectivity index (χ2n) is 3.98. The molecule has 1 aliphatic heterocycles. The molecule has 0 spiro atoms. The van der Waals surface area contributed by atoms with E-state index in [-0.39, 0.29) is 6.61 Å². The molecular formula is C12H16BrNO. The molecular weight excluding hydrogens is 254 g/mol. The molecule has 0 radical (unpaired) electrons. The Morgan fingerprint density at radius 3 is 2.73 bits per heavy atom. The second-order valence-corrected chi connectivity index (χ2v) is 4.89. The topological polar surface area (TPSA) is 23.5 Å². The van der Waals surface area contributed by atoms with Crippen molar-refractivity contribution in [3.8, 4) is 0 Å². The monoisotopic (exact) mass is 269 g/mol. The molecule has 1 heterocycles. The third kappa shape index (κ3) is 2.52. The Kier molecular flexibility index (Phi) is 3.65. The number of benzene rings is 1. The molecule has 82 valence electrons. The molecule has 3 heteroatoms. The minimum absolute atomic E-state index is 0.289. The van der Waals surface area contributed by atoms with Gasteiger partial charge in [-0.25, -0.2) is 0 Å². The molecule has 15 heavy (non-hydrogen) atoms. The number of rotatable bonds is 3. The fourth-order valence-electron chi connectivity index (χ4n) is 2.26. The molecule has 1 saturated heterocycles. The predicted molar refractivity (Wildman–Crippen MR) is 66.2 cm³/mol. The van der Waals surface area contributed by atoms with E-state index in [2.05, 4.69) is 45.1 Å². The minimum atomic E-state index is 0.289. The Morgan fingerprint density at radius 1 is 1.33 bits per heavy atom. The van der Waals surface area contributed by atoms with Gasteiger partial charge in [0.25, 0.3) is 0 Å². The van der Waals surface area contributed by atoms with Gasteiger partial charge in [0.15, 0.2) is 0 Å². The van der Waals surface area contributed by atoms with E-state index in [9.17, 15) is 0 Å². The highest BCUT2D eigenvalue weighted by Gasteiger charge is 2.23. The lowest BCUT2D eigenvalue weighted by Gasteiger charge is -2.26. The van der Waals surface area contributed by atoms with Crippen molar-refractivity contribution in [2.45, 2.75) is 25.3 Å². The van der Waals surface area contributed by atoms with Crippen LogP contribution >= 0.6 is 15.9 Å². The largest absolute Gasteiger partial charge is 0.396 e. The zero-order valence-electron chi connectivity index (χ0n) is 8.69. The smallest absolute Gasteiger partial charge is 0.0450 e. The minimum Gasteiger partial charge on any atom is -0.396 e. The van der Waals surface area contributed by atoms with Gasteiger partial charge in [0.05, 0.1) is 0 Å². The van der Waals surface area contributed by atoms with Crippen LogP contribution in [0.25, 0.3) is 0 Å². The number of nitrogens with zero attached hydrogens (tertiary/aromatic N) is 1. The molecule has 1 unspecified atom stereocenters. The summed E-state index contributed by atoms with van der Waals surface area (Å²) in [7, 11) is 0. The van der Waals surface area contributed by atoms with Gasteiger partial charge in [-0.3, -0.25) is 0 Å². The van der Waals surface area contributed by atoms with Crippen LogP contribution in [-0.4, -0.2) is 24.3 Å². The molecule has 1 aromatic carbocycles. The zero-order chi connectivity index (χ0) is 10.7. The van der Waals surface area contributed by atoms with Crippen LogP contribution in [0, 0.1) is 0 Å². The van der Waals surface area contributed by atoms with E-state index in [4.69, 9.17) is 5.11 Å². The maximum absolute atomic E-state index is 9.00. The first-order valence-corrected chi connectivity index (χ1v) is 6.23. The van der Waals surface area contributed by atoms with Gasteiger partial charge in [-0.05, 0) is 43.5 Å². The molecule has 2 rings (SSSR count). The summed E-state index contributed by atoms with van der Waals surface area (Å²) in [6.07, 6.45) is 3.33. The average Bonchev–Trinajstić information content (AvgIpc) is 2.68. The van der Waals surface area contributed by atoms with Crippen LogP contribution in [0.2, 0.25) is 0 Å². The molecule has 1 atom stereocenters. The van der Waals surface area contributed by atoms with Gasteiger partial charge in [0.2, 0.25) is 0 Å².